The Morgan fingerprint density at radius 3 is 1.97 bits per heavy atom. The van der Waals surface area contributed by atoms with Crippen molar-refractivity contribution in [2.45, 2.75) is 0 Å². The Balaban J connectivity index is 1.69. The topological polar surface area (TPSA) is 95.1 Å². The molecule has 3 aromatic rings. The number of rotatable bonds is 9. The van der Waals surface area contributed by atoms with Crippen LogP contribution in [0.2, 0.25) is 0 Å². The molecule has 2 amide bonds. The zero-order chi connectivity index (χ0) is 24.5. The highest BCUT2D eigenvalue weighted by atomic mass is 16.5. The Hall–Kier alpha value is -4.46. The van der Waals surface area contributed by atoms with E-state index in [1.54, 1.807) is 73.8 Å². The molecule has 3 rings (SSSR count). The monoisotopic (exact) mass is 462 g/mol. The third-order valence-electron chi connectivity index (χ3n) is 4.87. The molecule has 0 aliphatic carbocycles. The highest BCUT2D eigenvalue weighted by Gasteiger charge is 2.12. The standard InChI is InChI=1S/C26H26N2O6/c1-31-21-11-9-19(10-12-21)27-26(30)28-20-7-5-6-18(16-20)22(29)13-8-17-14-23(32-2)25(34-4)24(15-17)33-3/h5-16H,1-4H3,(H2,27,28,30)/b13-8+. The number of benzene rings is 3. The minimum Gasteiger partial charge on any atom is -0.497 e. The first kappa shape index (κ1) is 24.2. The van der Waals surface area contributed by atoms with E-state index >= 15 is 0 Å². The molecule has 0 aliphatic heterocycles. The maximum absolute atomic E-state index is 12.7. The minimum absolute atomic E-state index is 0.229. The predicted octanol–water partition coefficient (Wildman–Crippen LogP) is 5.26. The quantitative estimate of drug-likeness (QED) is 0.333. The van der Waals surface area contributed by atoms with Crippen LogP contribution in [0.3, 0.4) is 0 Å². The van der Waals surface area contributed by atoms with Crippen LogP contribution in [0.25, 0.3) is 6.08 Å². The Bertz CT molecular complexity index is 1160. The van der Waals surface area contributed by atoms with Crippen LogP contribution in [0.4, 0.5) is 16.2 Å². The second kappa shape index (κ2) is 11.4. The summed E-state index contributed by atoms with van der Waals surface area (Å²) in [4.78, 5) is 25.0. The first-order valence-electron chi connectivity index (χ1n) is 10.3. The summed E-state index contributed by atoms with van der Waals surface area (Å²) in [6, 6.07) is 16.7. The van der Waals surface area contributed by atoms with Gasteiger partial charge in [-0.05, 0) is 60.2 Å². The van der Waals surface area contributed by atoms with Gasteiger partial charge in [-0.2, -0.15) is 0 Å². The number of urea groups is 1. The Labute approximate surface area is 198 Å². The molecule has 34 heavy (non-hydrogen) atoms. The number of allylic oxidation sites excluding steroid dienone is 1. The van der Waals surface area contributed by atoms with Gasteiger partial charge in [0.1, 0.15) is 5.75 Å². The van der Waals surface area contributed by atoms with Crippen molar-refractivity contribution in [1.29, 1.82) is 0 Å². The van der Waals surface area contributed by atoms with Gasteiger partial charge in [-0.25, -0.2) is 4.79 Å². The zero-order valence-corrected chi connectivity index (χ0v) is 19.4. The molecule has 0 radical (unpaired) electrons. The van der Waals surface area contributed by atoms with Crippen LogP contribution in [0.15, 0.2) is 66.7 Å². The molecule has 0 spiro atoms. The second-order valence-corrected chi connectivity index (χ2v) is 7.04. The summed E-state index contributed by atoms with van der Waals surface area (Å²) in [7, 11) is 6.15. The van der Waals surface area contributed by atoms with Crippen molar-refractivity contribution in [1.82, 2.24) is 0 Å². The van der Waals surface area contributed by atoms with Crippen molar-refractivity contribution in [2.24, 2.45) is 0 Å². The summed E-state index contributed by atoms with van der Waals surface area (Å²) in [5.41, 5.74) is 2.22. The average molecular weight is 463 g/mol. The number of carbonyl (C=O) groups is 2. The van der Waals surface area contributed by atoms with Crippen molar-refractivity contribution in [3.05, 3.63) is 77.9 Å². The van der Waals surface area contributed by atoms with E-state index in [9.17, 15) is 9.59 Å². The lowest BCUT2D eigenvalue weighted by atomic mass is 10.1. The van der Waals surface area contributed by atoms with Gasteiger partial charge in [0.2, 0.25) is 5.75 Å². The first-order chi connectivity index (χ1) is 16.5. The highest BCUT2D eigenvalue weighted by molar-refractivity contribution is 6.08. The molecule has 8 heteroatoms. The Morgan fingerprint density at radius 1 is 0.735 bits per heavy atom. The molecule has 0 fully saturated rings. The summed E-state index contributed by atoms with van der Waals surface area (Å²) in [6.07, 6.45) is 3.10. The molecule has 0 heterocycles. The molecular formula is C26H26N2O6. The lowest BCUT2D eigenvalue weighted by molar-refractivity contribution is 0.104. The van der Waals surface area contributed by atoms with E-state index in [1.807, 2.05) is 0 Å². The lowest BCUT2D eigenvalue weighted by Crippen LogP contribution is -2.19. The van der Waals surface area contributed by atoms with Crippen LogP contribution >= 0.6 is 0 Å². The summed E-state index contributed by atoms with van der Waals surface area (Å²) < 4.78 is 21.1. The Kier molecular flexibility index (Phi) is 8.12. The molecule has 0 atom stereocenters. The number of ketones is 1. The van der Waals surface area contributed by atoms with Crippen LogP contribution in [0, 0.1) is 0 Å². The largest absolute Gasteiger partial charge is 0.497 e. The number of carbonyl (C=O) groups excluding carboxylic acids is 2. The molecule has 0 saturated carbocycles. The molecule has 176 valence electrons. The third-order valence-corrected chi connectivity index (χ3v) is 4.87. The lowest BCUT2D eigenvalue weighted by Gasteiger charge is -2.12. The maximum Gasteiger partial charge on any atom is 0.323 e. The smallest absolute Gasteiger partial charge is 0.323 e. The third kappa shape index (κ3) is 6.07. The van der Waals surface area contributed by atoms with E-state index in [2.05, 4.69) is 10.6 Å². The SMILES string of the molecule is COc1ccc(NC(=O)Nc2cccc(C(=O)/C=C/c3cc(OC)c(OC)c(OC)c3)c2)cc1. The minimum atomic E-state index is -0.428. The summed E-state index contributed by atoms with van der Waals surface area (Å²) >= 11 is 0. The fraction of sp³-hybridized carbons (Fsp3) is 0.154. The van der Waals surface area contributed by atoms with Gasteiger partial charge >= 0.3 is 6.03 Å². The molecule has 2 N–H and O–H groups in total. The molecule has 3 aromatic carbocycles. The molecular weight excluding hydrogens is 436 g/mol. The maximum atomic E-state index is 12.7. The van der Waals surface area contributed by atoms with E-state index in [1.165, 1.54) is 27.4 Å². The van der Waals surface area contributed by atoms with Gasteiger partial charge in [0, 0.05) is 16.9 Å². The number of methoxy groups -OCH3 is 4. The van der Waals surface area contributed by atoms with Crippen LogP contribution in [-0.4, -0.2) is 40.3 Å². The molecule has 0 aromatic heterocycles. The van der Waals surface area contributed by atoms with E-state index in [4.69, 9.17) is 18.9 Å². The van der Waals surface area contributed by atoms with E-state index in [0.717, 1.165) is 0 Å². The number of anilines is 2. The predicted molar refractivity (Wildman–Crippen MR) is 132 cm³/mol. The van der Waals surface area contributed by atoms with Crippen LogP contribution in [0.5, 0.6) is 23.0 Å². The van der Waals surface area contributed by atoms with E-state index < -0.39 is 6.03 Å². The number of hydrogen-bond donors (Lipinski definition) is 2. The zero-order valence-electron chi connectivity index (χ0n) is 19.4. The van der Waals surface area contributed by atoms with Crippen molar-refractivity contribution in [2.75, 3.05) is 39.1 Å². The van der Waals surface area contributed by atoms with Crippen molar-refractivity contribution in [3.63, 3.8) is 0 Å². The Morgan fingerprint density at radius 2 is 1.38 bits per heavy atom. The summed E-state index contributed by atoms with van der Waals surface area (Å²) in [6.45, 7) is 0. The van der Waals surface area contributed by atoms with E-state index in [-0.39, 0.29) is 5.78 Å². The number of hydrogen-bond acceptors (Lipinski definition) is 6. The fourth-order valence-corrected chi connectivity index (χ4v) is 3.18. The second-order valence-electron chi connectivity index (χ2n) is 7.04. The summed E-state index contributed by atoms with van der Waals surface area (Å²) in [5.74, 6) is 1.91. The molecule has 0 aliphatic rings. The van der Waals surface area contributed by atoms with Gasteiger partial charge in [0.05, 0.1) is 28.4 Å². The average Bonchev–Trinajstić information content (AvgIpc) is 2.87. The molecule has 0 unspecified atom stereocenters. The van der Waals surface area contributed by atoms with Gasteiger partial charge in [-0.1, -0.05) is 18.2 Å². The normalized spacial score (nSPS) is 10.5. The van der Waals surface area contributed by atoms with Crippen LogP contribution in [0.1, 0.15) is 15.9 Å². The number of nitrogens with one attached hydrogen (secondary N) is 2. The van der Waals surface area contributed by atoms with Crippen molar-refractivity contribution >= 4 is 29.3 Å². The first-order valence-corrected chi connectivity index (χ1v) is 10.3. The van der Waals surface area contributed by atoms with Gasteiger partial charge < -0.3 is 29.6 Å². The van der Waals surface area contributed by atoms with Gasteiger partial charge in [0.15, 0.2) is 17.3 Å². The van der Waals surface area contributed by atoms with Crippen molar-refractivity contribution < 1.29 is 28.5 Å². The molecule has 0 saturated heterocycles. The number of ether oxygens (including phenoxy) is 4. The highest BCUT2D eigenvalue weighted by Crippen LogP contribution is 2.38. The van der Waals surface area contributed by atoms with Gasteiger partial charge in [-0.3, -0.25) is 4.79 Å². The van der Waals surface area contributed by atoms with E-state index in [0.29, 0.717) is 45.5 Å². The van der Waals surface area contributed by atoms with Crippen LogP contribution < -0.4 is 29.6 Å². The van der Waals surface area contributed by atoms with Gasteiger partial charge in [-0.15, -0.1) is 0 Å². The fourth-order valence-electron chi connectivity index (χ4n) is 3.18. The molecule has 8 nitrogen and oxygen atoms in total. The summed E-state index contributed by atoms with van der Waals surface area (Å²) in [5, 5.41) is 5.46. The number of amides is 2. The molecule has 0 bridgehead atoms. The van der Waals surface area contributed by atoms with Crippen LogP contribution in [-0.2, 0) is 0 Å². The van der Waals surface area contributed by atoms with Crippen molar-refractivity contribution in [3.8, 4) is 23.0 Å². The van der Waals surface area contributed by atoms with Gasteiger partial charge in [0.25, 0.3) is 0 Å².